The molecule has 0 radical (unpaired) electrons. The van der Waals surface area contributed by atoms with Gasteiger partial charge in [0.25, 0.3) is 0 Å². The molecule has 1 aliphatic carbocycles. The molecule has 0 aromatic rings. The Morgan fingerprint density at radius 1 is 1.25 bits per heavy atom. The third-order valence-corrected chi connectivity index (χ3v) is 4.95. The molecule has 0 heterocycles. The highest BCUT2D eigenvalue weighted by Gasteiger charge is 2.30. The third kappa shape index (κ3) is 6.74. The number of carbonyl (C=O) groups is 1. The summed E-state index contributed by atoms with van der Waals surface area (Å²) in [6.07, 6.45) is 6.10. The van der Waals surface area contributed by atoms with Gasteiger partial charge in [0.05, 0.1) is 5.92 Å². The van der Waals surface area contributed by atoms with E-state index in [9.17, 15) is 4.79 Å². The fraction of sp³-hybridized carbons (Fsp3) is 0.938. The average Bonchev–Trinajstić information content (AvgIpc) is 2.44. The maximum atomic E-state index is 12.1. The lowest BCUT2D eigenvalue weighted by Gasteiger charge is -2.30. The lowest BCUT2D eigenvalue weighted by Crippen LogP contribution is -2.33. The van der Waals surface area contributed by atoms with E-state index in [1.165, 1.54) is 0 Å². The molecule has 1 rings (SSSR count). The van der Waals surface area contributed by atoms with E-state index in [4.69, 9.17) is 9.47 Å². The third-order valence-electron chi connectivity index (χ3n) is 4.18. The highest BCUT2D eigenvalue weighted by molar-refractivity contribution is 14.1. The van der Waals surface area contributed by atoms with Crippen LogP contribution in [0.25, 0.3) is 0 Å². The standard InChI is InChI=1S/C16H29IO3/c1-4-16(2,3)20-15(18)14-8-6-13(7-9-14)12-19-11-5-10-17/h13-14H,4-12H2,1-3H3. The topological polar surface area (TPSA) is 35.5 Å². The summed E-state index contributed by atoms with van der Waals surface area (Å²) >= 11 is 2.37. The minimum atomic E-state index is -0.323. The SMILES string of the molecule is CCC(C)(C)OC(=O)C1CCC(COCCCI)CC1. The molecule has 0 unspecified atom stereocenters. The molecule has 0 aromatic heterocycles. The molecule has 0 bridgehead atoms. The second-order valence-electron chi connectivity index (χ2n) is 6.37. The molecule has 1 aliphatic rings. The van der Waals surface area contributed by atoms with Crippen molar-refractivity contribution >= 4 is 28.6 Å². The zero-order valence-corrected chi connectivity index (χ0v) is 15.3. The summed E-state index contributed by atoms with van der Waals surface area (Å²) in [5.74, 6) is 0.736. The van der Waals surface area contributed by atoms with Gasteiger partial charge in [-0.25, -0.2) is 0 Å². The van der Waals surface area contributed by atoms with Gasteiger partial charge >= 0.3 is 5.97 Å². The fourth-order valence-electron chi connectivity index (χ4n) is 2.40. The highest BCUT2D eigenvalue weighted by Crippen LogP contribution is 2.31. The van der Waals surface area contributed by atoms with Crippen molar-refractivity contribution in [3.05, 3.63) is 0 Å². The molecule has 0 N–H and O–H groups in total. The molecule has 1 fully saturated rings. The van der Waals surface area contributed by atoms with Crippen molar-refractivity contribution in [2.24, 2.45) is 11.8 Å². The van der Waals surface area contributed by atoms with E-state index in [-0.39, 0.29) is 17.5 Å². The smallest absolute Gasteiger partial charge is 0.309 e. The average molecular weight is 396 g/mol. The van der Waals surface area contributed by atoms with E-state index in [0.717, 1.165) is 56.2 Å². The van der Waals surface area contributed by atoms with Gasteiger partial charge in [-0.15, -0.1) is 0 Å². The van der Waals surface area contributed by atoms with E-state index in [0.29, 0.717) is 5.92 Å². The largest absolute Gasteiger partial charge is 0.459 e. The first-order valence-electron chi connectivity index (χ1n) is 7.85. The van der Waals surface area contributed by atoms with Gasteiger partial charge in [-0.05, 0) is 58.3 Å². The summed E-state index contributed by atoms with van der Waals surface area (Å²) in [6, 6.07) is 0. The van der Waals surface area contributed by atoms with Crippen molar-refractivity contribution < 1.29 is 14.3 Å². The van der Waals surface area contributed by atoms with Crippen LogP contribution < -0.4 is 0 Å². The summed E-state index contributed by atoms with van der Waals surface area (Å²) in [4.78, 5) is 12.1. The normalized spacial score (nSPS) is 23.6. The van der Waals surface area contributed by atoms with Crippen LogP contribution in [0.3, 0.4) is 0 Å². The molecule has 0 spiro atoms. The number of hydrogen-bond acceptors (Lipinski definition) is 3. The lowest BCUT2D eigenvalue weighted by molar-refractivity contribution is -0.163. The predicted octanol–water partition coefficient (Wildman–Crippen LogP) is 4.37. The highest BCUT2D eigenvalue weighted by atomic mass is 127. The van der Waals surface area contributed by atoms with Crippen LogP contribution in [0.4, 0.5) is 0 Å². The Morgan fingerprint density at radius 3 is 2.45 bits per heavy atom. The first-order valence-corrected chi connectivity index (χ1v) is 9.37. The molecule has 0 amide bonds. The number of ether oxygens (including phenoxy) is 2. The minimum Gasteiger partial charge on any atom is -0.459 e. The van der Waals surface area contributed by atoms with Gasteiger partial charge in [-0.2, -0.15) is 0 Å². The number of carbonyl (C=O) groups excluding carboxylic acids is 1. The fourth-order valence-corrected chi connectivity index (χ4v) is 2.71. The summed E-state index contributed by atoms with van der Waals surface area (Å²) in [5, 5.41) is 0. The van der Waals surface area contributed by atoms with Gasteiger partial charge in [0, 0.05) is 17.6 Å². The van der Waals surface area contributed by atoms with E-state index in [1.54, 1.807) is 0 Å². The van der Waals surface area contributed by atoms with Gasteiger partial charge in [0.15, 0.2) is 0 Å². The Bertz CT molecular complexity index is 283. The number of esters is 1. The zero-order chi connectivity index (χ0) is 15.0. The Morgan fingerprint density at radius 2 is 1.90 bits per heavy atom. The van der Waals surface area contributed by atoms with Crippen molar-refractivity contribution in [1.29, 1.82) is 0 Å². The molecule has 3 nitrogen and oxygen atoms in total. The van der Waals surface area contributed by atoms with Gasteiger partial charge < -0.3 is 9.47 Å². The Labute approximate surface area is 137 Å². The molecule has 0 atom stereocenters. The zero-order valence-electron chi connectivity index (χ0n) is 13.1. The predicted molar refractivity (Wildman–Crippen MR) is 90.2 cm³/mol. The van der Waals surface area contributed by atoms with Gasteiger partial charge in [0.1, 0.15) is 5.60 Å². The number of rotatable bonds is 8. The second-order valence-corrected chi connectivity index (χ2v) is 7.45. The lowest BCUT2D eigenvalue weighted by atomic mass is 9.82. The van der Waals surface area contributed by atoms with Crippen LogP contribution in [0.5, 0.6) is 0 Å². The first-order chi connectivity index (χ1) is 9.48. The number of alkyl halides is 1. The molecular weight excluding hydrogens is 367 g/mol. The maximum absolute atomic E-state index is 12.1. The summed E-state index contributed by atoms with van der Waals surface area (Å²) < 4.78 is 12.4. The van der Waals surface area contributed by atoms with E-state index in [1.807, 2.05) is 13.8 Å². The van der Waals surface area contributed by atoms with E-state index < -0.39 is 0 Å². The molecule has 1 saturated carbocycles. The number of hydrogen-bond donors (Lipinski definition) is 0. The van der Waals surface area contributed by atoms with Crippen LogP contribution >= 0.6 is 22.6 Å². The summed E-state index contributed by atoms with van der Waals surface area (Å²) in [5.41, 5.74) is -0.323. The Hall–Kier alpha value is 0.160. The minimum absolute atomic E-state index is 0.00105. The number of halogens is 1. The first kappa shape index (κ1) is 18.2. The van der Waals surface area contributed by atoms with Crippen LogP contribution in [0.15, 0.2) is 0 Å². The van der Waals surface area contributed by atoms with E-state index >= 15 is 0 Å². The molecule has 118 valence electrons. The van der Waals surface area contributed by atoms with Crippen molar-refractivity contribution in [1.82, 2.24) is 0 Å². The molecule has 20 heavy (non-hydrogen) atoms. The van der Waals surface area contributed by atoms with Crippen LogP contribution in [0.1, 0.15) is 59.3 Å². The van der Waals surface area contributed by atoms with Gasteiger partial charge in [-0.3, -0.25) is 4.79 Å². The molecule has 0 saturated heterocycles. The second kappa shape index (κ2) is 9.23. The molecular formula is C16H29IO3. The van der Waals surface area contributed by atoms with E-state index in [2.05, 4.69) is 29.5 Å². The van der Waals surface area contributed by atoms with Crippen LogP contribution in [0.2, 0.25) is 0 Å². The quantitative estimate of drug-likeness (QED) is 0.265. The summed E-state index contributed by atoms with van der Waals surface area (Å²) in [6.45, 7) is 7.75. The molecule has 0 aliphatic heterocycles. The monoisotopic (exact) mass is 396 g/mol. The molecule has 0 aromatic carbocycles. The summed E-state index contributed by atoms with van der Waals surface area (Å²) in [7, 11) is 0. The van der Waals surface area contributed by atoms with Crippen LogP contribution in [0, 0.1) is 11.8 Å². The maximum Gasteiger partial charge on any atom is 0.309 e. The van der Waals surface area contributed by atoms with Crippen LogP contribution in [-0.4, -0.2) is 29.2 Å². The van der Waals surface area contributed by atoms with Crippen molar-refractivity contribution in [2.75, 3.05) is 17.6 Å². The van der Waals surface area contributed by atoms with Crippen molar-refractivity contribution in [3.63, 3.8) is 0 Å². The van der Waals surface area contributed by atoms with Crippen molar-refractivity contribution in [3.8, 4) is 0 Å². The van der Waals surface area contributed by atoms with Gasteiger partial charge in [0.2, 0.25) is 0 Å². The molecule has 4 heteroatoms. The van der Waals surface area contributed by atoms with Crippen molar-refractivity contribution in [2.45, 2.75) is 64.9 Å². The van der Waals surface area contributed by atoms with Crippen LogP contribution in [-0.2, 0) is 14.3 Å². The Balaban J connectivity index is 2.23. The Kier molecular flexibility index (Phi) is 8.41. The van der Waals surface area contributed by atoms with Gasteiger partial charge in [-0.1, -0.05) is 29.5 Å².